The van der Waals surface area contributed by atoms with Crippen molar-refractivity contribution in [2.75, 3.05) is 11.5 Å². The minimum Gasteiger partial charge on any atom is -0.448 e. The fraction of sp³-hybridized carbons (Fsp3) is 0.643. The first-order valence-electron chi connectivity index (χ1n) is 13.4. The maximum atomic E-state index is 13.3. The molecule has 40 heavy (non-hydrogen) atoms. The third-order valence-electron chi connectivity index (χ3n) is 6.29. The minimum absolute atomic E-state index is 0.0746. The summed E-state index contributed by atoms with van der Waals surface area (Å²) in [6.45, 7) is 21.8. The van der Waals surface area contributed by atoms with Crippen molar-refractivity contribution in [2.24, 2.45) is 5.92 Å². The van der Waals surface area contributed by atoms with Gasteiger partial charge in [-0.2, -0.15) is 9.58 Å². The van der Waals surface area contributed by atoms with Crippen molar-refractivity contribution < 1.29 is 37.9 Å². The average Bonchev–Trinajstić information content (AvgIpc) is 3.22. The maximum absolute atomic E-state index is 13.3. The highest BCUT2D eigenvalue weighted by molar-refractivity contribution is 6.62. The molecule has 0 radical (unpaired) electrons. The smallest absolute Gasteiger partial charge is 0.448 e. The van der Waals surface area contributed by atoms with Crippen LogP contribution in [0.1, 0.15) is 83.1 Å². The first kappa shape index (κ1) is 31.4. The fourth-order valence-electron chi connectivity index (χ4n) is 3.71. The molecule has 11 nitrogen and oxygen atoms in total. The summed E-state index contributed by atoms with van der Waals surface area (Å²) in [5.74, 6) is -0.0638. The van der Waals surface area contributed by atoms with Crippen molar-refractivity contribution in [3.63, 3.8) is 0 Å². The van der Waals surface area contributed by atoms with E-state index in [1.165, 1.54) is 0 Å². The van der Waals surface area contributed by atoms with Crippen molar-refractivity contribution in [3.05, 3.63) is 18.2 Å². The molecule has 1 fully saturated rings. The summed E-state index contributed by atoms with van der Waals surface area (Å²) in [7, 11) is -0.722. The molecule has 0 unspecified atom stereocenters. The van der Waals surface area contributed by atoms with Crippen molar-refractivity contribution >= 4 is 47.6 Å². The second-order valence-electron chi connectivity index (χ2n) is 13.4. The Morgan fingerprint density at radius 2 is 1.45 bits per heavy atom. The van der Waals surface area contributed by atoms with E-state index in [1.54, 1.807) is 59.7 Å². The summed E-state index contributed by atoms with van der Waals surface area (Å²) in [5.41, 5.74) is -2.10. The van der Waals surface area contributed by atoms with Crippen molar-refractivity contribution in [3.8, 4) is 0 Å². The molecule has 1 aromatic heterocycles. The highest BCUT2D eigenvalue weighted by Crippen LogP contribution is 2.37. The van der Waals surface area contributed by atoms with Gasteiger partial charge in [0.05, 0.1) is 23.3 Å². The van der Waals surface area contributed by atoms with Gasteiger partial charge in [0, 0.05) is 5.39 Å². The van der Waals surface area contributed by atoms with Crippen molar-refractivity contribution in [1.29, 1.82) is 0 Å². The maximum Gasteiger partial charge on any atom is 0.494 e. The van der Waals surface area contributed by atoms with E-state index in [1.807, 2.05) is 41.5 Å². The van der Waals surface area contributed by atoms with E-state index in [-0.39, 0.29) is 23.9 Å². The number of benzene rings is 1. The van der Waals surface area contributed by atoms with Gasteiger partial charge < -0.3 is 23.5 Å². The highest BCUT2D eigenvalue weighted by atomic mass is 16.7. The zero-order chi connectivity index (χ0) is 30.4. The van der Waals surface area contributed by atoms with E-state index in [2.05, 4.69) is 5.10 Å². The van der Waals surface area contributed by atoms with Crippen LogP contribution in [0.2, 0.25) is 0 Å². The Labute approximate surface area is 236 Å². The van der Waals surface area contributed by atoms with Gasteiger partial charge in [-0.25, -0.2) is 14.4 Å². The van der Waals surface area contributed by atoms with Gasteiger partial charge in [0.1, 0.15) is 11.2 Å². The molecule has 0 bridgehead atoms. The van der Waals surface area contributed by atoms with E-state index in [9.17, 15) is 14.4 Å². The molecule has 12 heteroatoms. The van der Waals surface area contributed by atoms with Crippen LogP contribution < -0.4 is 10.4 Å². The largest absolute Gasteiger partial charge is 0.494 e. The summed E-state index contributed by atoms with van der Waals surface area (Å²) >= 11 is 0. The number of imide groups is 1. The monoisotopic (exact) mass is 559 g/mol. The molecule has 2 amide bonds. The summed E-state index contributed by atoms with van der Waals surface area (Å²) in [6.07, 6.45) is -2.78. The van der Waals surface area contributed by atoms with Gasteiger partial charge in [0.15, 0.2) is 5.82 Å². The quantitative estimate of drug-likeness (QED) is 0.346. The van der Waals surface area contributed by atoms with Crippen molar-refractivity contribution in [1.82, 2.24) is 9.78 Å². The number of anilines is 1. The molecule has 0 spiro atoms. The molecule has 220 valence electrons. The Balaban J connectivity index is 2.19. The van der Waals surface area contributed by atoms with Crippen LogP contribution in [0.3, 0.4) is 0 Å². The van der Waals surface area contributed by atoms with E-state index < -0.39 is 47.8 Å². The Bertz CT molecular complexity index is 1240. The number of carbonyl (C=O) groups is 3. The molecular formula is C28H42BN3O8. The van der Waals surface area contributed by atoms with Gasteiger partial charge in [0.25, 0.3) is 0 Å². The normalized spacial score (nSPS) is 16.8. The lowest BCUT2D eigenvalue weighted by Crippen LogP contribution is -2.44. The van der Waals surface area contributed by atoms with Gasteiger partial charge in [-0.15, -0.1) is 5.10 Å². The van der Waals surface area contributed by atoms with E-state index in [4.69, 9.17) is 23.5 Å². The zero-order valence-electron chi connectivity index (χ0n) is 25.7. The summed E-state index contributed by atoms with van der Waals surface area (Å²) in [5, 5.41) is 4.70. The Morgan fingerprint density at radius 3 is 1.90 bits per heavy atom. The molecule has 0 aliphatic carbocycles. The molecule has 2 aromatic rings. The number of carbonyl (C=O) groups excluding carboxylic acids is 3. The number of fused-ring (bicyclic) bond motifs is 1. The van der Waals surface area contributed by atoms with Gasteiger partial charge >= 0.3 is 25.4 Å². The molecular weight excluding hydrogens is 517 g/mol. The van der Waals surface area contributed by atoms with Crippen LogP contribution in [0.4, 0.5) is 20.2 Å². The predicted octanol–water partition coefficient (Wildman–Crippen LogP) is 5.65. The third-order valence-corrected chi connectivity index (χ3v) is 6.29. The first-order chi connectivity index (χ1) is 18.1. The zero-order valence-corrected chi connectivity index (χ0v) is 25.7. The van der Waals surface area contributed by atoms with E-state index in [0.717, 1.165) is 4.68 Å². The van der Waals surface area contributed by atoms with Crippen LogP contribution >= 0.6 is 0 Å². The predicted molar refractivity (Wildman–Crippen MR) is 152 cm³/mol. The first-order valence-corrected chi connectivity index (χ1v) is 13.4. The molecule has 0 saturated carbocycles. The molecule has 1 aromatic carbocycles. The number of ether oxygens (including phenoxy) is 3. The molecule has 3 rings (SSSR count). The second-order valence-corrected chi connectivity index (χ2v) is 13.4. The lowest BCUT2D eigenvalue weighted by molar-refractivity contribution is 0.00578. The third kappa shape index (κ3) is 6.96. The van der Waals surface area contributed by atoms with Gasteiger partial charge in [0.2, 0.25) is 0 Å². The minimum atomic E-state index is -1.00. The van der Waals surface area contributed by atoms with Crippen LogP contribution in [-0.4, -0.2) is 64.2 Å². The fourth-order valence-corrected chi connectivity index (χ4v) is 3.71. The Hall–Kier alpha value is -3.12. The van der Waals surface area contributed by atoms with Gasteiger partial charge in [-0.1, -0.05) is 19.9 Å². The molecule has 0 atom stereocenters. The van der Waals surface area contributed by atoms with Crippen LogP contribution in [0.15, 0.2) is 18.2 Å². The molecule has 1 aliphatic rings. The van der Waals surface area contributed by atoms with E-state index >= 15 is 0 Å². The number of hydrogen-bond donors (Lipinski definition) is 0. The Morgan fingerprint density at radius 1 is 0.950 bits per heavy atom. The molecule has 1 aliphatic heterocycles. The van der Waals surface area contributed by atoms with Crippen LogP contribution in [-0.2, 0) is 23.5 Å². The summed E-state index contributed by atoms with van der Waals surface area (Å²) in [6, 6.07) is 5.06. The molecule has 1 saturated heterocycles. The number of aromatic nitrogens is 2. The summed E-state index contributed by atoms with van der Waals surface area (Å²) < 4.78 is 29.9. The van der Waals surface area contributed by atoms with Crippen LogP contribution in [0.5, 0.6) is 0 Å². The van der Waals surface area contributed by atoms with Crippen molar-refractivity contribution in [2.45, 2.75) is 105 Å². The molecule has 0 N–H and O–H groups in total. The lowest BCUT2D eigenvalue weighted by atomic mass is 9.79. The van der Waals surface area contributed by atoms with Crippen LogP contribution in [0.25, 0.3) is 10.9 Å². The lowest BCUT2D eigenvalue weighted by Gasteiger charge is -2.32. The topological polar surface area (TPSA) is 118 Å². The second kappa shape index (κ2) is 10.7. The standard InChI is InChI=1S/C28H42BN3O8/c1-17(2)16-36-24(35)32-20-15-18(29-39-27(9,10)28(11,12)40-29)13-14-19(20)21(30-32)31(22(33)37-25(3,4)5)23(34)38-26(6,7)8/h13-15,17H,16H2,1-12H3. The van der Waals surface area contributed by atoms with Gasteiger partial charge in [-0.3, -0.25) is 0 Å². The van der Waals surface area contributed by atoms with E-state index in [0.29, 0.717) is 15.7 Å². The Kier molecular flexibility index (Phi) is 8.40. The summed E-state index contributed by atoms with van der Waals surface area (Å²) in [4.78, 5) is 40.6. The van der Waals surface area contributed by atoms with Crippen LogP contribution in [0, 0.1) is 5.92 Å². The number of nitrogens with zero attached hydrogens (tertiary/aromatic N) is 3. The SMILES string of the molecule is CC(C)COC(=O)n1nc(N(C(=O)OC(C)(C)C)C(=O)OC(C)(C)C)c2ccc(B3OC(C)(C)C(C)(C)O3)cc21. The number of rotatable bonds is 4. The average molecular weight is 559 g/mol. The number of amides is 2. The number of hydrogen-bond acceptors (Lipinski definition) is 9. The van der Waals surface area contributed by atoms with Gasteiger partial charge in [-0.05, 0) is 92.8 Å². The highest BCUT2D eigenvalue weighted by Gasteiger charge is 2.52. The molecule has 2 heterocycles.